The Bertz CT molecular complexity index is 354. The molecule has 0 heterocycles. The van der Waals surface area contributed by atoms with Crippen molar-refractivity contribution in [3.05, 3.63) is 0 Å². The van der Waals surface area contributed by atoms with Crippen molar-refractivity contribution in [3.8, 4) is 0 Å². The van der Waals surface area contributed by atoms with E-state index in [1.807, 2.05) is 0 Å². The number of hydrogen-bond acceptors (Lipinski definition) is 4. The Morgan fingerprint density at radius 3 is 2.10 bits per heavy atom. The average molecular weight is 301 g/mol. The number of nitrogens with one attached hydrogen (secondary N) is 3. The molecule has 1 aliphatic rings. The van der Waals surface area contributed by atoms with Crippen molar-refractivity contribution >= 4 is 17.9 Å². The zero-order chi connectivity index (χ0) is 16.3. The first kappa shape index (κ1) is 19.2. The summed E-state index contributed by atoms with van der Waals surface area (Å²) in [5.41, 5.74) is -0.361. The van der Waals surface area contributed by atoms with Crippen molar-refractivity contribution in [2.24, 2.45) is 0 Å². The summed E-state index contributed by atoms with van der Waals surface area (Å²) < 4.78 is 4.36. The van der Waals surface area contributed by atoms with Gasteiger partial charge in [-0.05, 0) is 19.3 Å². The molecule has 0 spiro atoms. The molecule has 0 aromatic carbocycles. The maximum absolute atomic E-state index is 11.6. The van der Waals surface area contributed by atoms with E-state index in [1.54, 1.807) is 0 Å². The lowest BCUT2D eigenvalue weighted by atomic mass is 9.76. The van der Waals surface area contributed by atoms with Crippen LogP contribution < -0.4 is 16.0 Å². The van der Waals surface area contributed by atoms with Crippen molar-refractivity contribution in [2.45, 2.75) is 52.0 Å². The lowest BCUT2D eigenvalue weighted by molar-refractivity contribution is -0.124. The largest absolute Gasteiger partial charge is 0.453 e. The van der Waals surface area contributed by atoms with Gasteiger partial charge in [-0.3, -0.25) is 9.59 Å². The summed E-state index contributed by atoms with van der Waals surface area (Å²) in [5, 5.41) is 7.85. The van der Waals surface area contributed by atoms with E-state index in [0.29, 0.717) is 6.54 Å². The molecule has 3 amide bonds. The second kappa shape index (κ2) is 10.0. The van der Waals surface area contributed by atoms with E-state index < -0.39 is 6.09 Å². The zero-order valence-corrected chi connectivity index (χ0v) is 13.4. The molecule has 0 aromatic heterocycles. The van der Waals surface area contributed by atoms with Crippen LogP contribution >= 0.6 is 0 Å². The maximum Gasteiger partial charge on any atom is 0.407 e. The number of carbonyl (C=O) groups is 3. The van der Waals surface area contributed by atoms with Crippen LogP contribution in [0, 0.1) is 0 Å². The molecule has 0 aromatic rings. The molecule has 1 saturated carbocycles. The molecule has 0 aliphatic heterocycles. The molecule has 1 fully saturated rings. The van der Waals surface area contributed by atoms with E-state index in [-0.39, 0.29) is 23.9 Å². The van der Waals surface area contributed by atoms with Gasteiger partial charge in [0.25, 0.3) is 0 Å². The molecule has 7 heteroatoms. The molecule has 7 nitrogen and oxygen atoms in total. The number of methoxy groups -OCH3 is 1. The molecular formula is C14H27N3O4. The van der Waals surface area contributed by atoms with Gasteiger partial charge in [-0.2, -0.15) is 0 Å². The summed E-state index contributed by atoms with van der Waals surface area (Å²) in [4.78, 5) is 33.3. The van der Waals surface area contributed by atoms with Crippen LogP contribution in [0.2, 0.25) is 0 Å². The predicted molar refractivity (Wildman–Crippen MR) is 79.8 cm³/mol. The molecule has 0 saturated heterocycles. The monoisotopic (exact) mass is 301 g/mol. The highest BCUT2D eigenvalue weighted by Crippen LogP contribution is 2.31. The van der Waals surface area contributed by atoms with Gasteiger partial charge in [0.15, 0.2) is 0 Å². The number of rotatable bonds is 5. The van der Waals surface area contributed by atoms with Crippen LogP contribution in [0.5, 0.6) is 0 Å². The van der Waals surface area contributed by atoms with Gasteiger partial charge in [-0.25, -0.2) is 4.79 Å². The molecule has 0 atom stereocenters. The third kappa shape index (κ3) is 8.16. The van der Waals surface area contributed by atoms with Crippen molar-refractivity contribution in [1.82, 2.24) is 16.0 Å². The fraction of sp³-hybridized carbons (Fsp3) is 0.786. The van der Waals surface area contributed by atoms with Gasteiger partial charge in [0.05, 0.1) is 12.6 Å². The average Bonchev–Trinajstić information content (AvgIpc) is 2.39. The Morgan fingerprint density at radius 2 is 1.71 bits per heavy atom. The summed E-state index contributed by atoms with van der Waals surface area (Å²) >= 11 is 0. The van der Waals surface area contributed by atoms with Crippen LogP contribution in [-0.2, 0) is 14.3 Å². The summed E-state index contributed by atoms with van der Waals surface area (Å²) in [6.45, 7) is 5.98. The SMILES string of the molecule is CCC.COC(=O)NCC(=O)NC1(CNC(C)=O)CCC1. The second-order valence-corrected chi connectivity index (χ2v) is 5.14. The summed E-state index contributed by atoms with van der Waals surface area (Å²) in [6.07, 6.45) is 3.29. The number of hydrogen-bond donors (Lipinski definition) is 3. The molecule has 0 bridgehead atoms. The van der Waals surface area contributed by atoms with Crippen molar-refractivity contribution in [3.63, 3.8) is 0 Å². The molecular weight excluding hydrogens is 274 g/mol. The number of alkyl carbamates (subject to hydrolysis) is 1. The number of ether oxygens (including phenoxy) is 1. The fourth-order valence-corrected chi connectivity index (χ4v) is 1.81. The van der Waals surface area contributed by atoms with Gasteiger partial charge in [-0.1, -0.05) is 20.3 Å². The topological polar surface area (TPSA) is 96.5 Å². The number of amides is 3. The molecule has 122 valence electrons. The Kier molecular flexibility index (Phi) is 9.16. The smallest absolute Gasteiger partial charge is 0.407 e. The molecule has 0 radical (unpaired) electrons. The first-order valence-corrected chi connectivity index (χ1v) is 7.26. The predicted octanol–water partition coefficient (Wildman–Crippen LogP) is 0.934. The first-order chi connectivity index (χ1) is 9.89. The van der Waals surface area contributed by atoms with E-state index in [2.05, 4.69) is 34.5 Å². The van der Waals surface area contributed by atoms with E-state index >= 15 is 0 Å². The van der Waals surface area contributed by atoms with Crippen LogP contribution in [0.4, 0.5) is 4.79 Å². The Labute approximate surface area is 126 Å². The lowest BCUT2D eigenvalue weighted by Crippen LogP contribution is -2.61. The van der Waals surface area contributed by atoms with E-state index in [9.17, 15) is 14.4 Å². The zero-order valence-electron chi connectivity index (χ0n) is 13.4. The van der Waals surface area contributed by atoms with Gasteiger partial charge >= 0.3 is 6.09 Å². The standard InChI is InChI=1S/C11H19N3O4.C3H8/c1-8(15)13-7-11(4-3-5-11)14-9(16)6-12-10(17)18-2;1-3-2/h3-7H2,1-2H3,(H,12,17)(H,13,15)(H,14,16);3H2,1-2H3. The third-order valence-electron chi connectivity index (χ3n) is 2.97. The quantitative estimate of drug-likeness (QED) is 0.704. The van der Waals surface area contributed by atoms with Gasteiger partial charge in [0.1, 0.15) is 6.54 Å². The molecule has 1 rings (SSSR count). The van der Waals surface area contributed by atoms with Gasteiger partial charge in [-0.15, -0.1) is 0 Å². The van der Waals surface area contributed by atoms with Crippen LogP contribution in [0.1, 0.15) is 46.5 Å². The molecule has 3 N–H and O–H groups in total. The van der Waals surface area contributed by atoms with Gasteiger partial charge < -0.3 is 20.7 Å². The minimum Gasteiger partial charge on any atom is -0.453 e. The van der Waals surface area contributed by atoms with Crippen LogP contribution in [-0.4, -0.2) is 43.6 Å². The summed E-state index contributed by atoms with van der Waals surface area (Å²) in [7, 11) is 1.23. The van der Waals surface area contributed by atoms with Crippen LogP contribution in [0.15, 0.2) is 0 Å². The highest BCUT2D eigenvalue weighted by Gasteiger charge is 2.38. The number of carbonyl (C=O) groups excluding carboxylic acids is 3. The summed E-state index contributed by atoms with van der Waals surface area (Å²) in [5.74, 6) is -0.409. The maximum atomic E-state index is 11.6. The molecule has 21 heavy (non-hydrogen) atoms. The molecule has 0 unspecified atom stereocenters. The first-order valence-electron chi connectivity index (χ1n) is 7.26. The van der Waals surface area contributed by atoms with E-state index in [4.69, 9.17) is 0 Å². The minimum atomic E-state index is -0.644. The molecule has 1 aliphatic carbocycles. The minimum absolute atomic E-state index is 0.122. The lowest BCUT2D eigenvalue weighted by Gasteiger charge is -2.42. The van der Waals surface area contributed by atoms with E-state index in [1.165, 1.54) is 20.5 Å². The van der Waals surface area contributed by atoms with Crippen molar-refractivity contribution in [1.29, 1.82) is 0 Å². The van der Waals surface area contributed by atoms with Crippen molar-refractivity contribution in [2.75, 3.05) is 20.2 Å². The Morgan fingerprint density at radius 1 is 1.14 bits per heavy atom. The second-order valence-electron chi connectivity index (χ2n) is 5.14. The summed E-state index contributed by atoms with van der Waals surface area (Å²) in [6, 6.07) is 0. The van der Waals surface area contributed by atoms with Crippen LogP contribution in [0.3, 0.4) is 0 Å². The highest BCUT2D eigenvalue weighted by atomic mass is 16.5. The van der Waals surface area contributed by atoms with Gasteiger partial charge in [0.2, 0.25) is 11.8 Å². The Balaban J connectivity index is 0.00000122. The fourth-order valence-electron chi connectivity index (χ4n) is 1.81. The third-order valence-corrected chi connectivity index (χ3v) is 2.97. The van der Waals surface area contributed by atoms with Crippen LogP contribution in [0.25, 0.3) is 0 Å². The highest BCUT2D eigenvalue weighted by molar-refractivity contribution is 5.83. The van der Waals surface area contributed by atoms with Gasteiger partial charge in [0, 0.05) is 13.5 Å². The normalized spacial score (nSPS) is 14.7. The van der Waals surface area contributed by atoms with E-state index in [0.717, 1.165) is 19.3 Å². The Hall–Kier alpha value is -1.79. The van der Waals surface area contributed by atoms with Crippen molar-refractivity contribution < 1.29 is 19.1 Å².